The van der Waals surface area contributed by atoms with Crippen LogP contribution < -0.4 is 0 Å². The Bertz CT molecular complexity index is 160. The average Bonchev–Trinajstić information content (AvgIpc) is 2.33. The lowest BCUT2D eigenvalue weighted by Gasteiger charge is -1.97. The molecule has 9 heavy (non-hydrogen) atoms. The van der Waals surface area contributed by atoms with Crippen LogP contribution in [0.15, 0.2) is 0 Å². The van der Waals surface area contributed by atoms with Gasteiger partial charge in [-0.15, -0.1) is 0 Å². The van der Waals surface area contributed by atoms with Crippen molar-refractivity contribution in [2.45, 2.75) is 26.8 Å². The maximum atomic E-state index is 3.78. The van der Waals surface area contributed by atoms with Gasteiger partial charge in [0.05, 0.1) is 0 Å². The summed E-state index contributed by atoms with van der Waals surface area (Å²) in [5, 5.41) is 0. The molecule has 0 N–H and O–H groups in total. The van der Waals surface area contributed by atoms with Crippen molar-refractivity contribution in [3.05, 3.63) is 18.2 Å². The fourth-order valence-electron chi connectivity index (χ4n) is 0.802. The van der Waals surface area contributed by atoms with E-state index in [2.05, 4.69) is 31.4 Å². The molecule has 1 rings (SSSR count). The van der Waals surface area contributed by atoms with Crippen molar-refractivity contribution in [1.29, 1.82) is 0 Å². The summed E-state index contributed by atoms with van der Waals surface area (Å²) < 4.78 is 1.97. The zero-order chi connectivity index (χ0) is 6.69. The van der Waals surface area contributed by atoms with Crippen LogP contribution in [0.1, 0.15) is 19.5 Å². The number of aryl methyl sites for hydroxylation is 2. The Balaban J connectivity index is 2.85. The van der Waals surface area contributed by atoms with Gasteiger partial charge in [0, 0.05) is 12.2 Å². The summed E-state index contributed by atoms with van der Waals surface area (Å²) in [6.07, 6.45) is 6.67. The molecule has 2 radical (unpaired) electrons. The van der Waals surface area contributed by atoms with Gasteiger partial charge in [0.1, 0.15) is 6.20 Å². The molecule has 0 aliphatic carbocycles. The Morgan fingerprint density at radius 3 is 2.78 bits per heavy atom. The first-order valence-corrected chi connectivity index (χ1v) is 3.23. The van der Waals surface area contributed by atoms with E-state index in [1.54, 1.807) is 0 Å². The Kier molecular flexibility index (Phi) is 1.88. The zero-order valence-electron chi connectivity index (χ0n) is 5.81. The van der Waals surface area contributed by atoms with E-state index in [4.69, 9.17) is 0 Å². The topological polar surface area (TPSA) is 17.8 Å². The summed E-state index contributed by atoms with van der Waals surface area (Å²) in [6.45, 7) is 5.11. The molecule has 0 saturated carbocycles. The molecule has 1 heterocycles. The van der Waals surface area contributed by atoms with Crippen molar-refractivity contribution in [1.82, 2.24) is 9.55 Å². The van der Waals surface area contributed by atoms with Crippen molar-refractivity contribution in [3.63, 3.8) is 0 Å². The van der Waals surface area contributed by atoms with Crippen LogP contribution in [0.4, 0.5) is 0 Å². The van der Waals surface area contributed by atoms with Crippen molar-refractivity contribution < 1.29 is 0 Å². The number of nitrogens with zero attached hydrogens (tertiary/aromatic N) is 2. The number of aromatic nitrogens is 2. The molecule has 0 aliphatic heterocycles. The molecule has 0 unspecified atom stereocenters. The molecule has 1 aromatic rings. The molecule has 0 atom stereocenters. The van der Waals surface area contributed by atoms with Gasteiger partial charge in [0.2, 0.25) is 0 Å². The predicted octanol–water partition coefficient (Wildman–Crippen LogP) is 1.07. The second-order valence-corrected chi connectivity index (χ2v) is 1.87. The number of rotatable bonds is 2. The van der Waals surface area contributed by atoms with E-state index in [-0.39, 0.29) is 0 Å². The van der Waals surface area contributed by atoms with Gasteiger partial charge < -0.3 is 4.57 Å². The highest BCUT2D eigenvalue weighted by Gasteiger charge is 1.95. The van der Waals surface area contributed by atoms with Crippen molar-refractivity contribution in [2.24, 2.45) is 0 Å². The summed E-state index contributed by atoms with van der Waals surface area (Å²) in [5.74, 6) is 0. The minimum atomic E-state index is 0.944. The van der Waals surface area contributed by atoms with Crippen LogP contribution in [0.2, 0.25) is 0 Å². The van der Waals surface area contributed by atoms with Gasteiger partial charge in [0.25, 0.3) is 0 Å². The Hall–Kier alpha value is -0.790. The lowest BCUT2D eigenvalue weighted by molar-refractivity contribution is 0.711. The highest BCUT2D eigenvalue weighted by molar-refractivity contribution is 4.94. The van der Waals surface area contributed by atoms with Gasteiger partial charge in [-0.2, -0.15) is 0 Å². The summed E-state index contributed by atoms with van der Waals surface area (Å²) in [7, 11) is 0. The van der Waals surface area contributed by atoms with Crippen LogP contribution in [-0.2, 0) is 13.0 Å². The third-order valence-corrected chi connectivity index (χ3v) is 1.33. The van der Waals surface area contributed by atoms with E-state index in [0.717, 1.165) is 18.7 Å². The third kappa shape index (κ3) is 1.12. The monoisotopic (exact) mass is 122 g/mol. The summed E-state index contributed by atoms with van der Waals surface area (Å²) in [6, 6.07) is 0. The summed E-state index contributed by atoms with van der Waals surface area (Å²) in [5.41, 5.74) is 1.14. The molecule has 2 nitrogen and oxygen atoms in total. The molecule has 0 aliphatic rings. The minimum absolute atomic E-state index is 0.944. The van der Waals surface area contributed by atoms with Gasteiger partial charge in [-0.25, -0.2) is 4.98 Å². The quantitative estimate of drug-likeness (QED) is 0.573. The van der Waals surface area contributed by atoms with Gasteiger partial charge in [-0.05, 0) is 13.3 Å². The normalized spacial score (nSPS) is 10.0. The average molecular weight is 122 g/mol. The highest BCUT2D eigenvalue weighted by atomic mass is 15.0. The first-order valence-electron chi connectivity index (χ1n) is 3.23. The molecule has 0 saturated heterocycles. The SMILES string of the molecule is CCc1[c]n[c]n1CC. The number of hydrogen-bond acceptors (Lipinski definition) is 1. The molecule has 0 amide bonds. The smallest absolute Gasteiger partial charge is 0.177 e. The molecule has 1 aromatic heterocycles. The van der Waals surface area contributed by atoms with Gasteiger partial charge in [0.15, 0.2) is 6.33 Å². The van der Waals surface area contributed by atoms with Crippen molar-refractivity contribution in [2.75, 3.05) is 0 Å². The molecular weight excluding hydrogens is 112 g/mol. The van der Waals surface area contributed by atoms with Crippen LogP contribution in [-0.4, -0.2) is 9.55 Å². The van der Waals surface area contributed by atoms with E-state index < -0.39 is 0 Å². The van der Waals surface area contributed by atoms with Crippen molar-refractivity contribution >= 4 is 0 Å². The number of hydrogen-bond donors (Lipinski definition) is 0. The lowest BCUT2D eigenvalue weighted by Crippen LogP contribution is -1.97. The maximum Gasteiger partial charge on any atom is 0.177 e. The molecular formula is C7H10N2. The van der Waals surface area contributed by atoms with Crippen LogP contribution in [0.25, 0.3) is 0 Å². The largest absolute Gasteiger partial charge is 0.325 e. The molecule has 0 spiro atoms. The Morgan fingerprint density at radius 1 is 1.56 bits per heavy atom. The Labute approximate surface area is 55.5 Å². The van der Waals surface area contributed by atoms with Crippen LogP contribution in [0.3, 0.4) is 0 Å². The minimum Gasteiger partial charge on any atom is -0.325 e. The van der Waals surface area contributed by atoms with Crippen molar-refractivity contribution in [3.8, 4) is 0 Å². The molecule has 0 fully saturated rings. The zero-order valence-corrected chi connectivity index (χ0v) is 5.81. The summed E-state index contributed by atoms with van der Waals surface area (Å²) in [4.78, 5) is 3.78. The maximum absolute atomic E-state index is 3.78. The third-order valence-electron chi connectivity index (χ3n) is 1.33. The van der Waals surface area contributed by atoms with Gasteiger partial charge in [-0.1, -0.05) is 6.92 Å². The van der Waals surface area contributed by atoms with E-state index >= 15 is 0 Å². The van der Waals surface area contributed by atoms with E-state index in [1.165, 1.54) is 0 Å². The van der Waals surface area contributed by atoms with E-state index in [0.29, 0.717) is 0 Å². The molecule has 48 valence electrons. The van der Waals surface area contributed by atoms with E-state index in [9.17, 15) is 0 Å². The predicted molar refractivity (Wildman–Crippen MR) is 35.0 cm³/mol. The standard InChI is InChI=1S/C7H10N2/c1-3-7-5-8-6-9(7)4-2/h3-4H2,1-2H3. The lowest BCUT2D eigenvalue weighted by atomic mass is 10.4. The molecule has 0 aromatic carbocycles. The number of imidazole rings is 1. The second-order valence-electron chi connectivity index (χ2n) is 1.87. The summed E-state index contributed by atoms with van der Waals surface area (Å²) >= 11 is 0. The molecule has 2 heteroatoms. The fourth-order valence-corrected chi connectivity index (χ4v) is 0.802. The first-order chi connectivity index (χ1) is 4.38. The highest BCUT2D eigenvalue weighted by Crippen LogP contribution is 1.96. The second kappa shape index (κ2) is 2.67. The molecule has 0 bridgehead atoms. The van der Waals surface area contributed by atoms with Crippen LogP contribution in [0, 0.1) is 12.5 Å². The van der Waals surface area contributed by atoms with E-state index in [1.807, 2.05) is 4.57 Å². The van der Waals surface area contributed by atoms with Gasteiger partial charge >= 0.3 is 0 Å². The van der Waals surface area contributed by atoms with Crippen LogP contribution >= 0.6 is 0 Å². The van der Waals surface area contributed by atoms with Crippen LogP contribution in [0.5, 0.6) is 0 Å². The fraction of sp³-hybridized carbons (Fsp3) is 0.571. The first kappa shape index (κ1) is 6.33. The van der Waals surface area contributed by atoms with Gasteiger partial charge in [-0.3, -0.25) is 0 Å². The Morgan fingerprint density at radius 2 is 2.33 bits per heavy atom.